The zero-order chi connectivity index (χ0) is 19.2. The SMILES string of the molecule is Cc1nn(-c2c(Cl)cc(C(F)(F)F)cc2Cl)c(N)c1SOC(C)(F)F. The van der Waals surface area contributed by atoms with Crippen LogP contribution in [0.25, 0.3) is 5.69 Å². The van der Waals surface area contributed by atoms with Gasteiger partial charge >= 0.3 is 12.3 Å². The molecule has 12 heteroatoms. The van der Waals surface area contributed by atoms with Crippen molar-refractivity contribution in [2.24, 2.45) is 0 Å². The number of nitrogens with zero attached hydrogens (tertiary/aromatic N) is 2. The van der Waals surface area contributed by atoms with E-state index in [0.29, 0.717) is 31.1 Å². The summed E-state index contributed by atoms with van der Waals surface area (Å²) in [6, 6.07) is 1.34. The molecule has 0 bridgehead atoms. The molecule has 0 aliphatic rings. The molecule has 0 aliphatic heterocycles. The van der Waals surface area contributed by atoms with E-state index in [1.807, 2.05) is 0 Å². The van der Waals surface area contributed by atoms with Crippen molar-refractivity contribution in [1.82, 2.24) is 9.78 Å². The van der Waals surface area contributed by atoms with Gasteiger partial charge in [0.1, 0.15) is 16.4 Å². The summed E-state index contributed by atoms with van der Waals surface area (Å²) < 4.78 is 69.3. The Labute approximate surface area is 153 Å². The molecule has 1 aromatic heterocycles. The number of aromatic nitrogens is 2. The average Bonchev–Trinajstić information content (AvgIpc) is 2.69. The third kappa shape index (κ3) is 4.49. The largest absolute Gasteiger partial charge is 0.416 e. The lowest BCUT2D eigenvalue weighted by atomic mass is 10.2. The zero-order valence-electron chi connectivity index (χ0n) is 12.6. The third-order valence-electron chi connectivity index (χ3n) is 2.87. The highest BCUT2D eigenvalue weighted by atomic mass is 35.5. The van der Waals surface area contributed by atoms with Crippen molar-refractivity contribution in [1.29, 1.82) is 0 Å². The van der Waals surface area contributed by atoms with Crippen molar-refractivity contribution in [3.05, 3.63) is 33.4 Å². The van der Waals surface area contributed by atoms with Crippen LogP contribution in [0.15, 0.2) is 17.0 Å². The van der Waals surface area contributed by atoms with Gasteiger partial charge in [0, 0.05) is 19.0 Å². The normalized spacial score (nSPS) is 12.7. The molecule has 0 spiro atoms. The summed E-state index contributed by atoms with van der Waals surface area (Å²) in [5.41, 5.74) is 4.90. The van der Waals surface area contributed by atoms with Gasteiger partial charge in [-0.25, -0.2) is 8.86 Å². The molecular formula is C13H10Cl2F5N3OS. The number of halogens is 7. The summed E-state index contributed by atoms with van der Waals surface area (Å²) in [5, 5.41) is 3.28. The van der Waals surface area contributed by atoms with Gasteiger partial charge in [0.2, 0.25) is 0 Å². The Morgan fingerprint density at radius 3 is 2.12 bits per heavy atom. The molecule has 2 aromatic rings. The van der Waals surface area contributed by atoms with E-state index >= 15 is 0 Å². The molecule has 0 saturated carbocycles. The van der Waals surface area contributed by atoms with E-state index in [1.165, 1.54) is 6.92 Å². The molecule has 0 aliphatic carbocycles. The topological polar surface area (TPSA) is 53.1 Å². The fourth-order valence-electron chi connectivity index (χ4n) is 1.85. The molecule has 0 unspecified atom stereocenters. The van der Waals surface area contributed by atoms with E-state index < -0.39 is 17.8 Å². The maximum absolute atomic E-state index is 12.8. The maximum Gasteiger partial charge on any atom is 0.416 e. The minimum absolute atomic E-state index is 0.0635. The first kappa shape index (κ1) is 20.1. The minimum atomic E-state index is -4.64. The van der Waals surface area contributed by atoms with Crippen LogP contribution in [-0.2, 0) is 10.4 Å². The highest BCUT2D eigenvalue weighted by Crippen LogP contribution is 2.40. The van der Waals surface area contributed by atoms with Crippen LogP contribution in [-0.4, -0.2) is 15.9 Å². The van der Waals surface area contributed by atoms with E-state index in [4.69, 9.17) is 28.9 Å². The first-order valence-electron chi connectivity index (χ1n) is 6.46. The molecule has 0 fully saturated rings. The van der Waals surface area contributed by atoms with Crippen LogP contribution >= 0.6 is 35.2 Å². The smallest absolute Gasteiger partial charge is 0.383 e. The Morgan fingerprint density at radius 1 is 1.16 bits per heavy atom. The van der Waals surface area contributed by atoms with Crippen LogP contribution in [0.5, 0.6) is 0 Å². The van der Waals surface area contributed by atoms with Crippen molar-refractivity contribution in [2.45, 2.75) is 31.0 Å². The number of alkyl halides is 5. The number of hydrogen-bond acceptors (Lipinski definition) is 4. The number of hydrogen-bond donors (Lipinski definition) is 1. The molecule has 2 rings (SSSR count). The molecule has 0 saturated heterocycles. The monoisotopic (exact) mass is 421 g/mol. The number of aryl methyl sites for hydroxylation is 1. The van der Waals surface area contributed by atoms with Crippen LogP contribution in [0.2, 0.25) is 10.0 Å². The van der Waals surface area contributed by atoms with Gasteiger partial charge in [0.25, 0.3) is 0 Å². The Kier molecular flexibility index (Phi) is 5.48. The van der Waals surface area contributed by atoms with Crippen LogP contribution in [0.3, 0.4) is 0 Å². The quantitative estimate of drug-likeness (QED) is 0.506. The Hall–Kier alpha value is -1.23. The fraction of sp³-hybridized carbons (Fsp3) is 0.308. The third-order valence-corrected chi connectivity index (χ3v) is 4.49. The van der Waals surface area contributed by atoms with Gasteiger partial charge in [-0.3, -0.25) is 0 Å². The van der Waals surface area contributed by atoms with Crippen molar-refractivity contribution in [3.8, 4) is 5.69 Å². The van der Waals surface area contributed by atoms with Gasteiger partial charge < -0.3 is 5.73 Å². The van der Waals surface area contributed by atoms with E-state index in [2.05, 4.69) is 9.28 Å². The molecule has 0 amide bonds. The summed E-state index contributed by atoms with van der Waals surface area (Å²) in [6.07, 6.45) is -8.06. The summed E-state index contributed by atoms with van der Waals surface area (Å²) in [4.78, 5) is 0.0635. The lowest BCUT2D eigenvalue weighted by Crippen LogP contribution is -2.10. The van der Waals surface area contributed by atoms with Crippen LogP contribution in [0, 0.1) is 6.92 Å². The van der Waals surface area contributed by atoms with Crippen molar-refractivity contribution in [3.63, 3.8) is 0 Å². The van der Waals surface area contributed by atoms with Gasteiger partial charge in [-0.1, -0.05) is 23.2 Å². The van der Waals surface area contributed by atoms with Gasteiger partial charge in [0.05, 0.1) is 21.3 Å². The molecule has 0 radical (unpaired) electrons. The van der Waals surface area contributed by atoms with Crippen LogP contribution < -0.4 is 5.73 Å². The average molecular weight is 422 g/mol. The standard InChI is InChI=1S/C13H10Cl2F5N3OS/c1-5-10(25-24-12(2,16)17)11(21)23(22-5)9-7(14)3-6(4-8(9)15)13(18,19)20/h3-4H,21H2,1-2H3. The number of rotatable bonds is 4. The second kappa shape index (κ2) is 6.82. The van der Waals surface area contributed by atoms with Crippen LogP contribution in [0.1, 0.15) is 18.2 Å². The van der Waals surface area contributed by atoms with E-state index in [1.54, 1.807) is 0 Å². The number of nitrogens with two attached hydrogens (primary N) is 1. The molecule has 0 atom stereocenters. The van der Waals surface area contributed by atoms with Crippen LogP contribution in [0.4, 0.5) is 27.8 Å². The molecule has 25 heavy (non-hydrogen) atoms. The molecular weight excluding hydrogens is 412 g/mol. The predicted molar refractivity (Wildman–Crippen MR) is 85.3 cm³/mol. The molecule has 1 aromatic carbocycles. The van der Waals surface area contributed by atoms with Crippen molar-refractivity contribution < 1.29 is 26.1 Å². The Bertz CT molecular complexity index is 781. The van der Waals surface area contributed by atoms with Crippen molar-refractivity contribution >= 4 is 41.1 Å². The van der Waals surface area contributed by atoms with Gasteiger partial charge in [0.15, 0.2) is 0 Å². The lowest BCUT2D eigenvalue weighted by Gasteiger charge is -2.13. The number of anilines is 1. The van der Waals surface area contributed by atoms with E-state index in [9.17, 15) is 22.0 Å². The molecule has 1 heterocycles. The minimum Gasteiger partial charge on any atom is -0.383 e. The maximum atomic E-state index is 12.8. The summed E-state index contributed by atoms with van der Waals surface area (Å²) in [7, 11) is 0. The Morgan fingerprint density at radius 2 is 1.68 bits per heavy atom. The summed E-state index contributed by atoms with van der Waals surface area (Å²) in [5.74, 6) is -0.157. The second-order valence-electron chi connectivity index (χ2n) is 4.97. The molecule has 4 nitrogen and oxygen atoms in total. The highest BCUT2D eigenvalue weighted by Gasteiger charge is 2.33. The van der Waals surface area contributed by atoms with E-state index in [0.717, 1.165) is 4.68 Å². The summed E-state index contributed by atoms with van der Waals surface area (Å²) >= 11 is 12.1. The summed E-state index contributed by atoms with van der Waals surface area (Å²) in [6.45, 7) is 2.00. The van der Waals surface area contributed by atoms with Crippen molar-refractivity contribution in [2.75, 3.05) is 5.73 Å². The fourth-order valence-corrected chi connectivity index (χ4v) is 3.06. The Balaban J connectivity index is 2.50. The number of benzene rings is 1. The van der Waals surface area contributed by atoms with E-state index in [-0.39, 0.29) is 32.1 Å². The first-order valence-corrected chi connectivity index (χ1v) is 7.96. The second-order valence-corrected chi connectivity index (χ2v) is 6.53. The predicted octanol–water partition coefficient (Wildman–Crippen LogP) is 5.72. The van der Waals surface area contributed by atoms with Gasteiger partial charge in [-0.2, -0.15) is 27.1 Å². The highest BCUT2D eigenvalue weighted by molar-refractivity contribution is 7.95. The number of nitrogen functional groups attached to an aromatic ring is 1. The molecule has 138 valence electrons. The first-order chi connectivity index (χ1) is 11.3. The van der Waals surface area contributed by atoms with Gasteiger partial charge in [-0.05, 0) is 19.1 Å². The zero-order valence-corrected chi connectivity index (χ0v) is 14.9. The van der Waals surface area contributed by atoms with Gasteiger partial charge in [-0.15, -0.1) is 0 Å². The lowest BCUT2D eigenvalue weighted by molar-refractivity contribution is -0.147. The molecule has 2 N–H and O–H groups in total.